The molecule has 0 unspecified atom stereocenters. The van der Waals surface area contributed by atoms with Crippen LogP contribution >= 0.6 is 0 Å². The lowest BCUT2D eigenvalue weighted by Crippen LogP contribution is -2.56. The molecule has 2 saturated heterocycles. The number of hydrogen-bond acceptors (Lipinski definition) is 4. The summed E-state index contributed by atoms with van der Waals surface area (Å²) in [6.07, 6.45) is 3.45. The van der Waals surface area contributed by atoms with Crippen molar-refractivity contribution in [1.29, 1.82) is 0 Å². The van der Waals surface area contributed by atoms with E-state index in [-0.39, 0.29) is 5.60 Å². The molecule has 4 heteroatoms. The van der Waals surface area contributed by atoms with Crippen LogP contribution in [0.1, 0.15) is 19.3 Å². The van der Waals surface area contributed by atoms with Gasteiger partial charge in [-0.3, -0.25) is 4.90 Å². The van der Waals surface area contributed by atoms with Gasteiger partial charge in [0.1, 0.15) is 0 Å². The number of rotatable bonds is 4. The summed E-state index contributed by atoms with van der Waals surface area (Å²) in [7, 11) is 1.77. The average Bonchev–Trinajstić information content (AvgIpc) is 2.31. The molecule has 0 aromatic rings. The van der Waals surface area contributed by atoms with Crippen molar-refractivity contribution in [2.24, 2.45) is 0 Å². The van der Waals surface area contributed by atoms with Crippen molar-refractivity contribution in [1.82, 2.24) is 10.2 Å². The summed E-state index contributed by atoms with van der Waals surface area (Å²) in [5.74, 6) is 0. The van der Waals surface area contributed by atoms with Crippen molar-refractivity contribution in [3.63, 3.8) is 0 Å². The van der Waals surface area contributed by atoms with Crippen molar-refractivity contribution in [3.8, 4) is 0 Å². The number of methoxy groups -OCH3 is 1. The van der Waals surface area contributed by atoms with Crippen LogP contribution in [-0.4, -0.2) is 63.5 Å². The minimum absolute atomic E-state index is 0.149. The molecule has 16 heavy (non-hydrogen) atoms. The summed E-state index contributed by atoms with van der Waals surface area (Å²) in [5, 5.41) is 3.40. The summed E-state index contributed by atoms with van der Waals surface area (Å²) >= 11 is 0. The van der Waals surface area contributed by atoms with E-state index in [4.69, 9.17) is 9.47 Å². The molecule has 2 aliphatic rings. The van der Waals surface area contributed by atoms with Gasteiger partial charge in [0.25, 0.3) is 0 Å². The second kappa shape index (κ2) is 5.96. The zero-order valence-electron chi connectivity index (χ0n) is 10.3. The number of hydrogen-bond donors (Lipinski definition) is 1. The maximum absolute atomic E-state index is 6.03. The Balaban J connectivity index is 1.78. The molecule has 0 atom stereocenters. The van der Waals surface area contributed by atoms with E-state index in [0.717, 1.165) is 65.2 Å². The van der Waals surface area contributed by atoms with Gasteiger partial charge in [-0.1, -0.05) is 0 Å². The molecular weight excluding hydrogens is 204 g/mol. The van der Waals surface area contributed by atoms with Gasteiger partial charge in [-0.05, 0) is 32.4 Å². The molecule has 2 heterocycles. The topological polar surface area (TPSA) is 33.7 Å². The van der Waals surface area contributed by atoms with E-state index in [1.807, 2.05) is 0 Å². The van der Waals surface area contributed by atoms with Gasteiger partial charge in [0, 0.05) is 33.4 Å². The third-order valence-corrected chi connectivity index (χ3v) is 3.67. The molecule has 0 amide bonds. The minimum atomic E-state index is 0.149. The van der Waals surface area contributed by atoms with Gasteiger partial charge in [-0.25, -0.2) is 0 Å². The Bertz CT molecular complexity index is 200. The maximum atomic E-state index is 6.03. The number of piperidine rings is 1. The Kier molecular flexibility index (Phi) is 4.58. The Hall–Kier alpha value is -0.160. The number of nitrogens with zero attached hydrogens (tertiary/aromatic N) is 1. The molecule has 0 aromatic heterocycles. The molecule has 1 spiro atoms. The summed E-state index contributed by atoms with van der Waals surface area (Å²) in [6.45, 7) is 7.31. The minimum Gasteiger partial charge on any atom is -0.385 e. The Labute approximate surface area is 98.3 Å². The van der Waals surface area contributed by atoms with E-state index in [1.54, 1.807) is 7.11 Å². The summed E-state index contributed by atoms with van der Waals surface area (Å²) < 4.78 is 11.1. The highest BCUT2D eigenvalue weighted by atomic mass is 16.5. The van der Waals surface area contributed by atoms with Gasteiger partial charge in [0.15, 0.2) is 0 Å². The molecule has 2 aliphatic heterocycles. The predicted octanol–water partition coefficient (Wildman–Crippen LogP) is 0.477. The second-order valence-corrected chi connectivity index (χ2v) is 4.90. The zero-order chi connectivity index (χ0) is 11.3. The van der Waals surface area contributed by atoms with Crippen molar-refractivity contribution < 1.29 is 9.47 Å². The molecular formula is C12H24N2O2. The van der Waals surface area contributed by atoms with Crippen LogP contribution in [0.5, 0.6) is 0 Å². The van der Waals surface area contributed by atoms with Gasteiger partial charge >= 0.3 is 0 Å². The highest BCUT2D eigenvalue weighted by molar-refractivity contribution is 4.91. The predicted molar refractivity (Wildman–Crippen MR) is 63.7 cm³/mol. The normalized spacial score (nSPS) is 26.1. The fourth-order valence-corrected chi connectivity index (χ4v) is 2.73. The third kappa shape index (κ3) is 3.17. The smallest absolute Gasteiger partial charge is 0.0833 e. The van der Waals surface area contributed by atoms with E-state index >= 15 is 0 Å². The lowest BCUT2D eigenvalue weighted by Gasteiger charge is -2.45. The molecule has 0 bridgehead atoms. The number of nitrogens with one attached hydrogen (secondary N) is 1. The molecule has 94 valence electrons. The highest BCUT2D eigenvalue weighted by Crippen LogP contribution is 2.27. The first-order valence-electron chi connectivity index (χ1n) is 6.41. The van der Waals surface area contributed by atoms with Gasteiger partial charge in [-0.2, -0.15) is 0 Å². The number of ether oxygens (including phenoxy) is 2. The van der Waals surface area contributed by atoms with Crippen LogP contribution in [0.2, 0.25) is 0 Å². The molecule has 2 rings (SSSR count). The average molecular weight is 228 g/mol. The third-order valence-electron chi connectivity index (χ3n) is 3.67. The van der Waals surface area contributed by atoms with E-state index in [1.165, 1.54) is 0 Å². The van der Waals surface area contributed by atoms with Crippen molar-refractivity contribution in [2.75, 3.05) is 53.0 Å². The molecule has 0 aliphatic carbocycles. The summed E-state index contributed by atoms with van der Waals surface area (Å²) in [5.41, 5.74) is 0.149. The lowest BCUT2D eigenvalue weighted by molar-refractivity contribution is -0.124. The lowest BCUT2D eigenvalue weighted by atomic mass is 9.90. The Morgan fingerprint density at radius 3 is 2.94 bits per heavy atom. The van der Waals surface area contributed by atoms with Gasteiger partial charge in [-0.15, -0.1) is 0 Å². The molecule has 0 aromatic carbocycles. The van der Waals surface area contributed by atoms with Crippen LogP contribution in [0, 0.1) is 0 Å². The van der Waals surface area contributed by atoms with E-state index in [9.17, 15) is 0 Å². The fraction of sp³-hybridized carbons (Fsp3) is 1.00. The molecule has 0 radical (unpaired) electrons. The molecule has 4 nitrogen and oxygen atoms in total. The fourth-order valence-electron chi connectivity index (χ4n) is 2.73. The van der Waals surface area contributed by atoms with E-state index < -0.39 is 0 Å². The first kappa shape index (κ1) is 12.3. The molecule has 0 saturated carbocycles. The Morgan fingerprint density at radius 2 is 2.19 bits per heavy atom. The first-order chi connectivity index (χ1) is 7.85. The maximum Gasteiger partial charge on any atom is 0.0833 e. The summed E-state index contributed by atoms with van der Waals surface area (Å²) in [4.78, 5) is 2.54. The van der Waals surface area contributed by atoms with E-state index in [2.05, 4.69) is 10.2 Å². The SMILES string of the molecule is COCCCN1CCOC2(CCNCC2)C1. The van der Waals surface area contributed by atoms with Crippen LogP contribution in [0.15, 0.2) is 0 Å². The van der Waals surface area contributed by atoms with Crippen LogP contribution in [0.3, 0.4) is 0 Å². The van der Waals surface area contributed by atoms with Crippen LogP contribution < -0.4 is 5.32 Å². The molecule has 1 N–H and O–H groups in total. The summed E-state index contributed by atoms with van der Waals surface area (Å²) in [6, 6.07) is 0. The number of morpholine rings is 1. The first-order valence-corrected chi connectivity index (χ1v) is 6.41. The van der Waals surface area contributed by atoms with Crippen molar-refractivity contribution >= 4 is 0 Å². The van der Waals surface area contributed by atoms with Crippen molar-refractivity contribution in [3.05, 3.63) is 0 Å². The van der Waals surface area contributed by atoms with Crippen LogP contribution in [0.25, 0.3) is 0 Å². The van der Waals surface area contributed by atoms with E-state index in [0.29, 0.717) is 0 Å². The van der Waals surface area contributed by atoms with Crippen LogP contribution in [0.4, 0.5) is 0 Å². The monoisotopic (exact) mass is 228 g/mol. The van der Waals surface area contributed by atoms with Gasteiger partial charge in [0.05, 0.1) is 12.2 Å². The Morgan fingerprint density at radius 1 is 1.38 bits per heavy atom. The van der Waals surface area contributed by atoms with Gasteiger partial charge in [0.2, 0.25) is 0 Å². The zero-order valence-corrected chi connectivity index (χ0v) is 10.3. The standard InChI is InChI=1S/C12H24N2O2/c1-15-9-2-7-14-8-10-16-12(11-14)3-5-13-6-4-12/h13H,2-11H2,1H3. The van der Waals surface area contributed by atoms with Crippen molar-refractivity contribution in [2.45, 2.75) is 24.9 Å². The highest BCUT2D eigenvalue weighted by Gasteiger charge is 2.37. The quantitative estimate of drug-likeness (QED) is 0.710. The van der Waals surface area contributed by atoms with Crippen LogP contribution in [-0.2, 0) is 9.47 Å². The van der Waals surface area contributed by atoms with Gasteiger partial charge < -0.3 is 14.8 Å². The second-order valence-electron chi connectivity index (χ2n) is 4.90. The molecule has 2 fully saturated rings. The largest absolute Gasteiger partial charge is 0.385 e.